The highest BCUT2D eigenvalue weighted by molar-refractivity contribution is 7.09. The Balaban J connectivity index is 1.37. The van der Waals surface area contributed by atoms with E-state index in [1.54, 1.807) is 35.6 Å². The minimum absolute atomic E-state index is 0.0740. The van der Waals surface area contributed by atoms with E-state index in [1.165, 1.54) is 10.9 Å². The summed E-state index contributed by atoms with van der Waals surface area (Å²) in [4.78, 5) is 28.4. The number of piperidine rings is 1. The quantitative estimate of drug-likeness (QED) is 0.734. The molecule has 4 rings (SSSR count). The summed E-state index contributed by atoms with van der Waals surface area (Å²) in [7, 11) is 0. The van der Waals surface area contributed by atoms with Crippen LogP contribution in [0, 0.1) is 5.92 Å². The first-order chi connectivity index (χ1) is 13.2. The molecule has 140 valence electrons. The van der Waals surface area contributed by atoms with Crippen LogP contribution in [0.4, 0.5) is 0 Å². The number of likely N-dealkylation sites (tertiary alicyclic amines) is 1. The number of hydrogen-bond donors (Lipinski definition) is 1. The van der Waals surface area contributed by atoms with Gasteiger partial charge in [-0.2, -0.15) is 0 Å². The molecule has 1 atom stereocenters. The SMILES string of the molecule is O=C(NCC1CCCN(Cc2cccs2)C1)c1cc(=O)c2ccccc2o1. The minimum Gasteiger partial charge on any atom is -0.451 e. The molecule has 27 heavy (non-hydrogen) atoms. The fourth-order valence-electron chi connectivity index (χ4n) is 3.62. The third kappa shape index (κ3) is 4.28. The van der Waals surface area contributed by atoms with E-state index in [9.17, 15) is 9.59 Å². The van der Waals surface area contributed by atoms with Gasteiger partial charge in [-0.15, -0.1) is 11.3 Å². The molecule has 1 N–H and O–H groups in total. The van der Waals surface area contributed by atoms with E-state index in [1.807, 2.05) is 0 Å². The smallest absolute Gasteiger partial charge is 0.287 e. The molecule has 1 saturated heterocycles. The van der Waals surface area contributed by atoms with Crippen LogP contribution in [0.2, 0.25) is 0 Å². The second kappa shape index (κ2) is 8.06. The van der Waals surface area contributed by atoms with Gasteiger partial charge in [-0.1, -0.05) is 18.2 Å². The highest BCUT2D eigenvalue weighted by Gasteiger charge is 2.21. The first-order valence-electron chi connectivity index (χ1n) is 9.25. The Bertz CT molecular complexity index is 981. The monoisotopic (exact) mass is 382 g/mol. The number of thiophene rings is 1. The van der Waals surface area contributed by atoms with Gasteiger partial charge in [0.1, 0.15) is 5.58 Å². The van der Waals surface area contributed by atoms with Gasteiger partial charge in [-0.25, -0.2) is 0 Å². The molecule has 6 heteroatoms. The van der Waals surface area contributed by atoms with E-state index in [0.717, 1.165) is 32.5 Å². The van der Waals surface area contributed by atoms with Gasteiger partial charge in [0.15, 0.2) is 11.2 Å². The molecule has 0 bridgehead atoms. The number of carbonyl (C=O) groups excluding carboxylic acids is 1. The molecule has 1 unspecified atom stereocenters. The first kappa shape index (κ1) is 17.9. The Morgan fingerprint density at radius 2 is 2.15 bits per heavy atom. The second-order valence-corrected chi connectivity index (χ2v) is 8.04. The van der Waals surface area contributed by atoms with Gasteiger partial charge in [0.25, 0.3) is 5.91 Å². The van der Waals surface area contributed by atoms with Crippen LogP contribution < -0.4 is 10.7 Å². The topological polar surface area (TPSA) is 62.6 Å². The predicted octanol–water partition coefficient (Wildman–Crippen LogP) is 3.50. The highest BCUT2D eigenvalue weighted by atomic mass is 32.1. The Morgan fingerprint density at radius 1 is 1.26 bits per heavy atom. The fourth-order valence-corrected chi connectivity index (χ4v) is 4.37. The number of nitrogens with one attached hydrogen (secondary N) is 1. The molecule has 0 saturated carbocycles. The van der Waals surface area contributed by atoms with E-state index in [-0.39, 0.29) is 17.1 Å². The average Bonchev–Trinajstić information content (AvgIpc) is 3.19. The van der Waals surface area contributed by atoms with E-state index in [4.69, 9.17) is 4.42 Å². The van der Waals surface area contributed by atoms with Crippen LogP contribution in [0.25, 0.3) is 11.0 Å². The molecule has 1 aliphatic rings. The van der Waals surface area contributed by atoms with Crippen LogP contribution in [-0.4, -0.2) is 30.4 Å². The molecule has 0 spiro atoms. The largest absolute Gasteiger partial charge is 0.451 e. The Hall–Kier alpha value is -2.44. The van der Waals surface area contributed by atoms with Gasteiger partial charge >= 0.3 is 0 Å². The van der Waals surface area contributed by atoms with Crippen molar-refractivity contribution in [1.82, 2.24) is 10.2 Å². The van der Waals surface area contributed by atoms with Crippen LogP contribution in [0.5, 0.6) is 0 Å². The number of carbonyl (C=O) groups is 1. The van der Waals surface area contributed by atoms with Crippen molar-refractivity contribution in [3.8, 4) is 0 Å². The van der Waals surface area contributed by atoms with E-state index >= 15 is 0 Å². The lowest BCUT2D eigenvalue weighted by molar-refractivity contribution is 0.0904. The van der Waals surface area contributed by atoms with E-state index < -0.39 is 0 Å². The van der Waals surface area contributed by atoms with Crippen molar-refractivity contribution in [1.29, 1.82) is 0 Å². The summed E-state index contributed by atoms with van der Waals surface area (Å²) in [5.41, 5.74) is 0.247. The molecule has 5 nitrogen and oxygen atoms in total. The van der Waals surface area contributed by atoms with Crippen LogP contribution in [0.1, 0.15) is 28.3 Å². The lowest BCUT2D eigenvalue weighted by Crippen LogP contribution is -2.40. The maximum Gasteiger partial charge on any atom is 0.287 e. The van der Waals surface area contributed by atoms with Crippen molar-refractivity contribution < 1.29 is 9.21 Å². The van der Waals surface area contributed by atoms with Crippen molar-refractivity contribution in [2.24, 2.45) is 5.92 Å². The second-order valence-electron chi connectivity index (χ2n) is 7.00. The molecular weight excluding hydrogens is 360 g/mol. The maximum atomic E-state index is 12.5. The zero-order valence-electron chi connectivity index (χ0n) is 15.0. The standard InChI is InChI=1S/C21H22N2O3S/c24-18-11-20(26-19-8-2-1-7-17(18)19)21(25)22-12-15-5-3-9-23(13-15)14-16-6-4-10-27-16/h1-2,4,6-8,10-11,15H,3,5,9,12-14H2,(H,22,25). The molecule has 3 heterocycles. The fraction of sp³-hybridized carbons (Fsp3) is 0.333. The van der Waals surface area contributed by atoms with E-state index in [0.29, 0.717) is 23.4 Å². The average molecular weight is 382 g/mol. The molecule has 1 aliphatic heterocycles. The Kier molecular flexibility index (Phi) is 5.36. The summed E-state index contributed by atoms with van der Waals surface area (Å²) in [5.74, 6) is 0.160. The van der Waals surface area contributed by atoms with Crippen molar-refractivity contribution in [3.05, 3.63) is 68.7 Å². The van der Waals surface area contributed by atoms with Crippen LogP contribution in [0.3, 0.4) is 0 Å². The maximum absolute atomic E-state index is 12.5. The van der Waals surface area contributed by atoms with Gasteiger partial charge in [-0.3, -0.25) is 14.5 Å². The van der Waals surface area contributed by atoms with Gasteiger partial charge < -0.3 is 9.73 Å². The molecule has 1 aromatic carbocycles. The number of fused-ring (bicyclic) bond motifs is 1. The van der Waals surface area contributed by atoms with Crippen molar-refractivity contribution in [2.75, 3.05) is 19.6 Å². The molecule has 2 aromatic heterocycles. The molecular formula is C21H22N2O3S. The van der Waals surface area contributed by atoms with Crippen molar-refractivity contribution >= 4 is 28.2 Å². The third-order valence-corrected chi connectivity index (χ3v) is 5.83. The number of nitrogens with zero attached hydrogens (tertiary/aromatic N) is 1. The number of para-hydroxylation sites is 1. The Morgan fingerprint density at radius 3 is 3.00 bits per heavy atom. The zero-order chi connectivity index (χ0) is 18.6. The van der Waals surface area contributed by atoms with Crippen LogP contribution in [0.15, 0.2) is 57.1 Å². The summed E-state index contributed by atoms with van der Waals surface area (Å²) in [6.07, 6.45) is 2.24. The van der Waals surface area contributed by atoms with Crippen LogP contribution >= 0.6 is 11.3 Å². The van der Waals surface area contributed by atoms with Gasteiger partial charge in [0.05, 0.1) is 5.39 Å². The van der Waals surface area contributed by atoms with Gasteiger partial charge in [0, 0.05) is 30.6 Å². The normalized spacial score (nSPS) is 17.9. The van der Waals surface area contributed by atoms with Gasteiger partial charge in [-0.05, 0) is 48.9 Å². The predicted molar refractivity (Wildman–Crippen MR) is 107 cm³/mol. The molecule has 0 aliphatic carbocycles. The summed E-state index contributed by atoms with van der Waals surface area (Å²) in [6.45, 7) is 3.64. The van der Waals surface area contributed by atoms with Gasteiger partial charge in [0.2, 0.25) is 0 Å². The van der Waals surface area contributed by atoms with Crippen LogP contribution in [-0.2, 0) is 6.54 Å². The molecule has 0 radical (unpaired) electrons. The summed E-state index contributed by atoms with van der Waals surface area (Å²) < 4.78 is 5.61. The molecule has 3 aromatic rings. The highest BCUT2D eigenvalue weighted by Crippen LogP contribution is 2.20. The van der Waals surface area contributed by atoms with Crippen molar-refractivity contribution in [3.63, 3.8) is 0 Å². The summed E-state index contributed by atoms with van der Waals surface area (Å²) in [5, 5.41) is 5.54. The number of rotatable bonds is 5. The summed E-state index contributed by atoms with van der Waals surface area (Å²) >= 11 is 1.78. The number of hydrogen-bond acceptors (Lipinski definition) is 5. The van der Waals surface area contributed by atoms with Crippen molar-refractivity contribution in [2.45, 2.75) is 19.4 Å². The summed E-state index contributed by atoms with van der Waals surface area (Å²) in [6, 6.07) is 12.5. The minimum atomic E-state index is -0.326. The lowest BCUT2D eigenvalue weighted by Gasteiger charge is -2.32. The third-order valence-electron chi connectivity index (χ3n) is 4.97. The lowest BCUT2D eigenvalue weighted by atomic mass is 9.98. The first-order valence-corrected chi connectivity index (χ1v) is 10.1. The Labute approximate surface area is 161 Å². The zero-order valence-corrected chi connectivity index (χ0v) is 15.8. The number of amides is 1. The molecule has 1 fully saturated rings. The van der Waals surface area contributed by atoms with E-state index in [2.05, 4.69) is 27.7 Å². The molecule has 1 amide bonds. The number of benzene rings is 1.